The third-order valence-electron chi connectivity index (χ3n) is 4.31. The van der Waals surface area contributed by atoms with Crippen LogP contribution < -0.4 is 14.8 Å². The van der Waals surface area contributed by atoms with Crippen LogP contribution in [0.25, 0.3) is 10.6 Å². The molecule has 3 aromatic rings. The van der Waals surface area contributed by atoms with Crippen molar-refractivity contribution in [3.63, 3.8) is 0 Å². The molecule has 1 aromatic heterocycles. The quantitative estimate of drug-likeness (QED) is 0.495. The van der Waals surface area contributed by atoms with Gasteiger partial charge in [-0.05, 0) is 42.3 Å². The molecule has 2 aromatic carbocycles. The topological polar surface area (TPSA) is 60.5 Å². The van der Waals surface area contributed by atoms with Crippen molar-refractivity contribution in [1.82, 2.24) is 10.3 Å². The van der Waals surface area contributed by atoms with E-state index in [9.17, 15) is 9.18 Å². The van der Waals surface area contributed by atoms with Crippen molar-refractivity contribution < 1.29 is 18.7 Å². The summed E-state index contributed by atoms with van der Waals surface area (Å²) >= 11 is 3.08. The van der Waals surface area contributed by atoms with Gasteiger partial charge >= 0.3 is 0 Å². The van der Waals surface area contributed by atoms with Gasteiger partial charge in [0.05, 0.1) is 25.7 Å². The Morgan fingerprint density at radius 3 is 2.63 bits per heavy atom. The van der Waals surface area contributed by atoms with Crippen molar-refractivity contribution in [3.8, 4) is 22.1 Å². The highest BCUT2D eigenvalue weighted by Crippen LogP contribution is 2.33. The highest BCUT2D eigenvalue weighted by atomic mass is 32.2. The van der Waals surface area contributed by atoms with Gasteiger partial charge in [0, 0.05) is 23.2 Å². The number of methoxy groups -OCH3 is 2. The molecule has 0 saturated carbocycles. The zero-order valence-corrected chi connectivity index (χ0v) is 18.4. The number of hydrogen-bond acceptors (Lipinski definition) is 6. The summed E-state index contributed by atoms with van der Waals surface area (Å²) in [6.45, 7) is 0.533. The molecule has 30 heavy (non-hydrogen) atoms. The number of nitrogens with zero attached hydrogens (tertiary/aromatic N) is 1. The van der Waals surface area contributed by atoms with Crippen LogP contribution in [0.5, 0.6) is 11.5 Å². The first-order valence-electron chi connectivity index (χ1n) is 9.34. The minimum Gasteiger partial charge on any atom is -0.493 e. The molecule has 1 amide bonds. The van der Waals surface area contributed by atoms with Crippen LogP contribution in [0.2, 0.25) is 0 Å². The molecule has 0 aliphatic heterocycles. The molecule has 1 heterocycles. The van der Waals surface area contributed by atoms with E-state index in [1.807, 2.05) is 23.6 Å². The van der Waals surface area contributed by atoms with Crippen LogP contribution in [0.3, 0.4) is 0 Å². The number of carbonyl (C=O) groups excluding carboxylic acids is 1. The summed E-state index contributed by atoms with van der Waals surface area (Å²) in [7, 11) is 3.21. The van der Waals surface area contributed by atoms with Crippen molar-refractivity contribution in [2.24, 2.45) is 0 Å². The van der Waals surface area contributed by atoms with Crippen LogP contribution in [0.1, 0.15) is 11.3 Å². The molecular formula is C22H23FN2O3S2. The Kier molecular flexibility index (Phi) is 8.10. The maximum absolute atomic E-state index is 12.9. The SMILES string of the molecule is COc1ccc(-c2nc(CSCC(=O)NCCc3ccc(F)cc3)cs2)cc1OC. The highest BCUT2D eigenvalue weighted by molar-refractivity contribution is 7.99. The first-order chi connectivity index (χ1) is 14.6. The minimum absolute atomic E-state index is 0.0162. The monoisotopic (exact) mass is 446 g/mol. The summed E-state index contributed by atoms with van der Waals surface area (Å²) in [5.74, 6) is 2.10. The summed E-state index contributed by atoms with van der Waals surface area (Å²) < 4.78 is 23.5. The Morgan fingerprint density at radius 2 is 1.90 bits per heavy atom. The lowest BCUT2D eigenvalue weighted by molar-refractivity contribution is -0.118. The number of thiazole rings is 1. The molecular weight excluding hydrogens is 423 g/mol. The molecule has 0 atom stereocenters. The molecule has 0 fully saturated rings. The number of rotatable bonds is 10. The first-order valence-corrected chi connectivity index (χ1v) is 11.4. The largest absolute Gasteiger partial charge is 0.493 e. The molecule has 158 valence electrons. The number of thioether (sulfide) groups is 1. The lowest BCUT2D eigenvalue weighted by atomic mass is 10.1. The number of carbonyl (C=O) groups is 1. The molecule has 0 aliphatic carbocycles. The Hall–Kier alpha value is -2.58. The van der Waals surface area contributed by atoms with E-state index in [1.165, 1.54) is 23.9 Å². The molecule has 8 heteroatoms. The van der Waals surface area contributed by atoms with E-state index in [2.05, 4.69) is 10.3 Å². The number of amides is 1. The summed E-state index contributed by atoms with van der Waals surface area (Å²) in [6.07, 6.45) is 0.678. The fraction of sp³-hybridized carbons (Fsp3) is 0.273. The van der Waals surface area contributed by atoms with Gasteiger partial charge in [0.1, 0.15) is 10.8 Å². The van der Waals surface area contributed by atoms with Crippen LogP contribution in [-0.2, 0) is 17.0 Å². The van der Waals surface area contributed by atoms with Crippen molar-refractivity contribution in [1.29, 1.82) is 0 Å². The van der Waals surface area contributed by atoms with Gasteiger partial charge in [-0.15, -0.1) is 23.1 Å². The molecule has 3 rings (SSSR count). The summed E-state index contributed by atoms with van der Waals surface area (Å²) in [5, 5.41) is 5.79. The lowest BCUT2D eigenvalue weighted by Gasteiger charge is -2.08. The fourth-order valence-corrected chi connectivity index (χ4v) is 4.44. The number of aromatic nitrogens is 1. The zero-order chi connectivity index (χ0) is 21.3. The number of hydrogen-bond donors (Lipinski definition) is 1. The van der Waals surface area contributed by atoms with E-state index in [4.69, 9.17) is 9.47 Å². The number of halogens is 1. The molecule has 0 unspecified atom stereocenters. The Morgan fingerprint density at radius 1 is 1.13 bits per heavy atom. The predicted molar refractivity (Wildman–Crippen MR) is 120 cm³/mol. The van der Waals surface area contributed by atoms with Crippen LogP contribution in [0.15, 0.2) is 47.8 Å². The smallest absolute Gasteiger partial charge is 0.230 e. The van der Waals surface area contributed by atoms with E-state index in [0.717, 1.165) is 21.8 Å². The van der Waals surface area contributed by atoms with Gasteiger partial charge in [-0.25, -0.2) is 9.37 Å². The number of ether oxygens (including phenoxy) is 2. The molecule has 0 aliphatic rings. The Labute approximate surface area is 183 Å². The van der Waals surface area contributed by atoms with Gasteiger partial charge in [0.15, 0.2) is 11.5 Å². The highest BCUT2D eigenvalue weighted by Gasteiger charge is 2.10. The van der Waals surface area contributed by atoms with Crippen LogP contribution >= 0.6 is 23.1 Å². The van der Waals surface area contributed by atoms with Gasteiger partial charge < -0.3 is 14.8 Å². The second kappa shape index (κ2) is 11.0. The fourth-order valence-electron chi connectivity index (χ4n) is 2.77. The van der Waals surface area contributed by atoms with E-state index in [0.29, 0.717) is 36.0 Å². The van der Waals surface area contributed by atoms with Gasteiger partial charge in [-0.3, -0.25) is 4.79 Å². The van der Waals surface area contributed by atoms with Crippen molar-refractivity contribution in [2.75, 3.05) is 26.5 Å². The van der Waals surface area contributed by atoms with E-state index < -0.39 is 0 Å². The van der Waals surface area contributed by atoms with Gasteiger partial charge in [0.2, 0.25) is 5.91 Å². The second-order valence-corrected chi connectivity index (χ2v) is 8.28. The van der Waals surface area contributed by atoms with Crippen LogP contribution in [0.4, 0.5) is 4.39 Å². The molecule has 0 saturated heterocycles. The normalized spacial score (nSPS) is 10.6. The summed E-state index contributed by atoms with van der Waals surface area (Å²) in [6, 6.07) is 12.0. The average Bonchev–Trinajstić information content (AvgIpc) is 3.23. The van der Waals surface area contributed by atoms with Gasteiger partial charge in [-0.1, -0.05) is 12.1 Å². The summed E-state index contributed by atoms with van der Waals surface area (Å²) in [4.78, 5) is 16.7. The Bertz CT molecular complexity index is 977. The van der Waals surface area contributed by atoms with E-state index in [1.54, 1.807) is 37.7 Å². The molecule has 0 radical (unpaired) electrons. The van der Waals surface area contributed by atoms with Crippen LogP contribution in [0, 0.1) is 5.82 Å². The molecule has 0 bridgehead atoms. The Balaban J connectivity index is 1.43. The predicted octanol–water partition coefficient (Wildman–Crippen LogP) is 4.56. The zero-order valence-electron chi connectivity index (χ0n) is 16.8. The van der Waals surface area contributed by atoms with E-state index >= 15 is 0 Å². The maximum atomic E-state index is 12.9. The third-order valence-corrected chi connectivity index (χ3v) is 6.22. The lowest BCUT2D eigenvalue weighted by Crippen LogP contribution is -2.27. The molecule has 5 nitrogen and oxygen atoms in total. The standard InChI is InChI=1S/C22H23FN2O3S2/c1-27-19-8-5-16(11-20(19)28-2)22-25-18(13-30-22)12-29-14-21(26)24-10-9-15-3-6-17(23)7-4-15/h3-8,11,13H,9-10,12,14H2,1-2H3,(H,24,26). The van der Waals surface area contributed by atoms with Crippen molar-refractivity contribution in [2.45, 2.75) is 12.2 Å². The average molecular weight is 447 g/mol. The van der Waals surface area contributed by atoms with Crippen molar-refractivity contribution >= 4 is 29.0 Å². The molecule has 0 spiro atoms. The van der Waals surface area contributed by atoms with E-state index in [-0.39, 0.29) is 11.7 Å². The minimum atomic E-state index is -0.254. The van der Waals surface area contributed by atoms with Crippen molar-refractivity contribution in [3.05, 3.63) is 64.9 Å². The molecule has 1 N–H and O–H groups in total. The maximum Gasteiger partial charge on any atom is 0.230 e. The van der Waals surface area contributed by atoms with Gasteiger partial charge in [-0.2, -0.15) is 0 Å². The number of benzene rings is 2. The number of nitrogens with one attached hydrogen (secondary N) is 1. The third kappa shape index (κ3) is 6.21. The van der Waals surface area contributed by atoms with Crippen LogP contribution in [-0.4, -0.2) is 37.4 Å². The first kappa shape index (κ1) is 22.1. The van der Waals surface area contributed by atoms with Gasteiger partial charge in [0.25, 0.3) is 0 Å². The summed E-state index contributed by atoms with van der Waals surface area (Å²) in [5.41, 5.74) is 2.90. The second-order valence-electron chi connectivity index (χ2n) is 6.43.